The first-order chi connectivity index (χ1) is 8.66. The van der Waals surface area contributed by atoms with Crippen molar-refractivity contribution in [3.8, 4) is 0 Å². The van der Waals surface area contributed by atoms with Crippen molar-refractivity contribution < 1.29 is 4.21 Å². The summed E-state index contributed by atoms with van der Waals surface area (Å²) in [6.07, 6.45) is 4.67. The van der Waals surface area contributed by atoms with Gasteiger partial charge in [0.2, 0.25) is 0 Å². The lowest BCUT2D eigenvalue weighted by molar-refractivity contribution is 0.536. The first kappa shape index (κ1) is 13.3. The molecule has 2 N–H and O–H groups in total. The van der Waals surface area contributed by atoms with Crippen molar-refractivity contribution in [3.63, 3.8) is 0 Å². The molecule has 18 heavy (non-hydrogen) atoms. The molecule has 2 aromatic rings. The molecule has 0 aliphatic heterocycles. The molecule has 0 saturated carbocycles. The number of hydrogen-bond donors (Lipinski definition) is 2. The third-order valence-electron chi connectivity index (χ3n) is 3.15. The van der Waals surface area contributed by atoms with Gasteiger partial charge < -0.3 is 10.3 Å². The summed E-state index contributed by atoms with van der Waals surface area (Å²) in [4.78, 5) is 3.27. The molecule has 0 amide bonds. The zero-order valence-electron chi connectivity index (χ0n) is 10.9. The lowest BCUT2D eigenvalue weighted by Crippen LogP contribution is -2.27. The van der Waals surface area contributed by atoms with Gasteiger partial charge in [-0.05, 0) is 30.4 Å². The van der Waals surface area contributed by atoms with Crippen LogP contribution < -0.4 is 5.32 Å². The van der Waals surface area contributed by atoms with Gasteiger partial charge in [-0.2, -0.15) is 0 Å². The van der Waals surface area contributed by atoms with E-state index in [-0.39, 0.29) is 0 Å². The maximum atomic E-state index is 11.0. The van der Waals surface area contributed by atoms with Gasteiger partial charge in [0, 0.05) is 47.1 Å². The van der Waals surface area contributed by atoms with Crippen LogP contribution in [0, 0.1) is 0 Å². The minimum Gasteiger partial charge on any atom is -0.361 e. The number of nitrogens with one attached hydrogen (secondary N) is 2. The number of H-pyrrole nitrogens is 1. The summed E-state index contributed by atoms with van der Waals surface area (Å²) in [7, 11) is -0.696. The Morgan fingerprint density at radius 3 is 3.00 bits per heavy atom. The topological polar surface area (TPSA) is 44.9 Å². The van der Waals surface area contributed by atoms with Crippen LogP contribution in [0.1, 0.15) is 18.9 Å². The van der Waals surface area contributed by atoms with Gasteiger partial charge in [-0.3, -0.25) is 4.21 Å². The molecule has 0 aliphatic carbocycles. The molecule has 0 aliphatic rings. The molecule has 98 valence electrons. The van der Waals surface area contributed by atoms with Gasteiger partial charge in [0.25, 0.3) is 0 Å². The molecule has 0 radical (unpaired) electrons. The van der Waals surface area contributed by atoms with Gasteiger partial charge in [0.1, 0.15) is 0 Å². The quantitative estimate of drug-likeness (QED) is 0.841. The van der Waals surface area contributed by atoms with Crippen LogP contribution in [0.25, 0.3) is 10.9 Å². The molecular formula is C14H20N2OS. The summed E-state index contributed by atoms with van der Waals surface area (Å²) < 4.78 is 11.0. The molecule has 2 atom stereocenters. The standard InChI is InChI=1S/C14H20N2OS/c1-11(7-9-18(2)17)16-10-13-5-3-4-12-6-8-15-14(12)13/h3-6,8,11,15-16H,7,9-10H2,1-2H3. The molecule has 3 nitrogen and oxygen atoms in total. The van der Waals surface area contributed by atoms with Gasteiger partial charge in [0.05, 0.1) is 0 Å². The molecular weight excluding hydrogens is 244 g/mol. The Hall–Kier alpha value is -1.13. The Kier molecular flexibility index (Phi) is 4.55. The second kappa shape index (κ2) is 6.16. The smallest absolute Gasteiger partial charge is 0.0499 e. The van der Waals surface area contributed by atoms with Crippen LogP contribution in [0.3, 0.4) is 0 Å². The van der Waals surface area contributed by atoms with Crippen molar-refractivity contribution in [1.29, 1.82) is 0 Å². The third-order valence-corrected chi connectivity index (χ3v) is 3.96. The largest absolute Gasteiger partial charge is 0.361 e. The molecule has 0 saturated heterocycles. The summed E-state index contributed by atoms with van der Waals surface area (Å²) >= 11 is 0. The Morgan fingerprint density at radius 2 is 2.22 bits per heavy atom. The molecule has 1 heterocycles. The average molecular weight is 264 g/mol. The lowest BCUT2D eigenvalue weighted by Gasteiger charge is -2.13. The van der Waals surface area contributed by atoms with Crippen LogP contribution in [0.2, 0.25) is 0 Å². The van der Waals surface area contributed by atoms with Crippen LogP contribution in [-0.4, -0.2) is 27.2 Å². The maximum absolute atomic E-state index is 11.0. The molecule has 0 fully saturated rings. The van der Waals surface area contributed by atoms with Crippen molar-refractivity contribution in [3.05, 3.63) is 36.0 Å². The number of para-hydroxylation sites is 1. The summed E-state index contributed by atoms with van der Waals surface area (Å²) in [5.41, 5.74) is 2.48. The van der Waals surface area contributed by atoms with Crippen molar-refractivity contribution in [2.24, 2.45) is 0 Å². The van der Waals surface area contributed by atoms with Crippen molar-refractivity contribution in [2.75, 3.05) is 12.0 Å². The number of aromatic nitrogens is 1. The van der Waals surface area contributed by atoms with Crippen molar-refractivity contribution in [1.82, 2.24) is 10.3 Å². The first-order valence-corrected chi connectivity index (χ1v) is 7.98. The summed E-state index contributed by atoms with van der Waals surface area (Å²) in [5, 5.41) is 4.73. The second-order valence-corrected chi connectivity index (χ2v) is 6.26. The van der Waals surface area contributed by atoms with Crippen LogP contribution in [0.5, 0.6) is 0 Å². The van der Waals surface area contributed by atoms with Gasteiger partial charge in [-0.25, -0.2) is 0 Å². The maximum Gasteiger partial charge on any atom is 0.0499 e. The molecule has 0 bridgehead atoms. The number of benzene rings is 1. The molecule has 0 spiro atoms. The van der Waals surface area contributed by atoms with Crippen LogP contribution in [-0.2, 0) is 17.3 Å². The van der Waals surface area contributed by atoms with E-state index in [9.17, 15) is 4.21 Å². The fraction of sp³-hybridized carbons (Fsp3) is 0.429. The van der Waals surface area contributed by atoms with E-state index in [2.05, 4.69) is 41.5 Å². The Bertz CT molecular complexity index is 535. The Morgan fingerprint density at radius 1 is 1.39 bits per heavy atom. The monoisotopic (exact) mass is 264 g/mol. The molecule has 1 aromatic heterocycles. The lowest BCUT2D eigenvalue weighted by atomic mass is 10.1. The average Bonchev–Trinajstić information content (AvgIpc) is 2.82. The minimum atomic E-state index is -0.696. The van der Waals surface area contributed by atoms with E-state index in [1.165, 1.54) is 16.5 Å². The highest BCUT2D eigenvalue weighted by atomic mass is 32.2. The molecule has 4 heteroatoms. The van der Waals surface area contributed by atoms with Crippen LogP contribution in [0.4, 0.5) is 0 Å². The Labute approximate surface area is 110 Å². The van der Waals surface area contributed by atoms with Crippen LogP contribution in [0.15, 0.2) is 30.5 Å². The SMILES string of the molecule is CC(CCS(C)=O)NCc1cccc2cc[nH]c12. The predicted octanol–water partition coefficient (Wildman–Crippen LogP) is 2.41. The van der Waals surface area contributed by atoms with Crippen molar-refractivity contribution in [2.45, 2.75) is 25.9 Å². The summed E-state index contributed by atoms with van der Waals surface area (Å²) in [6, 6.07) is 8.80. The normalized spacial score (nSPS) is 14.8. The zero-order chi connectivity index (χ0) is 13.0. The van der Waals surface area contributed by atoms with E-state index in [0.717, 1.165) is 18.7 Å². The number of hydrogen-bond acceptors (Lipinski definition) is 2. The highest BCUT2D eigenvalue weighted by Crippen LogP contribution is 2.16. The highest BCUT2D eigenvalue weighted by molar-refractivity contribution is 7.84. The summed E-state index contributed by atoms with van der Waals surface area (Å²) in [6.45, 7) is 2.98. The first-order valence-electron chi connectivity index (χ1n) is 6.25. The van der Waals surface area contributed by atoms with Gasteiger partial charge in [-0.1, -0.05) is 18.2 Å². The van der Waals surface area contributed by atoms with E-state index >= 15 is 0 Å². The zero-order valence-corrected chi connectivity index (χ0v) is 11.7. The molecule has 2 unspecified atom stereocenters. The number of fused-ring (bicyclic) bond motifs is 1. The predicted molar refractivity (Wildman–Crippen MR) is 78.2 cm³/mol. The molecule has 2 rings (SSSR count). The van der Waals surface area contributed by atoms with Crippen LogP contribution >= 0.6 is 0 Å². The van der Waals surface area contributed by atoms with E-state index in [0.29, 0.717) is 6.04 Å². The fourth-order valence-corrected chi connectivity index (χ4v) is 2.71. The minimum absolute atomic E-state index is 0.388. The van der Waals surface area contributed by atoms with E-state index in [1.54, 1.807) is 6.26 Å². The number of rotatable bonds is 6. The fourth-order valence-electron chi connectivity index (χ4n) is 2.03. The van der Waals surface area contributed by atoms with E-state index < -0.39 is 10.8 Å². The van der Waals surface area contributed by atoms with Gasteiger partial charge >= 0.3 is 0 Å². The summed E-state index contributed by atoms with van der Waals surface area (Å²) in [5.74, 6) is 0.765. The van der Waals surface area contributed by atoms with Crippen molar-refractivity contribution >= 4 is 21.7 Å². The van der Waals surface area contributed by atoms with Gasteiger partial charge in [-0.15, -0.1) is 0 Å². The van der Waals surface area contributed by atoms with E-state index in [1.807, 2.05) is 6.20 Å². The molecule has 1 aromatic carbocycles. The van der Waals surface area contributed by atoms with Gasteiger partial charge in [0.15, 0.2) is 0 Å². The third kappa shape index (κ3) is 3.43. The highest BCUT2D eigenvalue weighted by Gasteiger charge is 2.05. The number of aromatic amines is 1. The second-order valence-electron chi connectivity index (χ2n) is 4.71. The Balaban J connectivity index is 1.93. The van der Waals surface area contributed by atoms with E-state index in [4.69, 9.17) is 0 Å².